The number of esters is 1. The summed E-state index contributed by atoms with van der Waals surface area (Å²) in [7, 11) is 0. The maximum atomic E-state index is 11.0. The van der Waals surface area contributed by atoms with E-state index in [0.29, 0.717) is 0 Å². The smallest absolute Gasteiger partial charge is 0.389 e. The molecule has 0 saturated heterocycles. The lowest BCUT2D eigenvalue weighted by Gasteiger charge is -2.18. The Labute approximate surface area is 74.1 Å². The summed E-state index contributed by atoms with van der Waals surface area (Å²) in [5.74, 6) is -1.23. The van der Waals surface area contributed by atoms with E-state index < -0.39 is 29.8 Å². The number of rotatable bonds is 5. The molecule has 0 aromatic heterocycles. The molecule has 2 N–H and O–H groups in total. The molecule has 0 radical (unpaired) electrons. The van der Waals surface area contributed by atoms with Crippen LogP contribution < -0.4 is 0 Å². The highest BCUT2D eigenvalue weighted by Crippen LogP contribution is 2.16. The molecular weight excluding hydrogens is 182 g/mol. The largest absolute Gasteiger partial charge is 0.433 e. The van der Waals surface area contributed by atoms with Crippen molar-refractivity contribution >= 4 is 5.97 Å². The fourth-order valence-electron chi connectivity index (χ4n) is 0.775. The van der Waals surface area contributed by atoms with E-state index in [0.717, 1.165) is 0 Å². The lowest BCUT2D eigenvalue weighted by molar-refractivity contribution is -0.559. The highest BCUT2D eigenvalue weighted by Gasteiger charge is 2.50. The lowest BCUT2D eigenvalue weighted by atomic mass is 9.99. The fourth-order valence-corrected chi connectivity index (χ4v) is 0.775. The summed E-state index contributed by atoms with van der Waals surface area (Å²) >= 11 is 0. The minimum atomic E-state index is -2.15. The van der Waals surface area contributed by atoms with Gasteiger partial charge in [0.05, 0.1) is 0 Å². The normalized spacial score (nSPS) is 14.7. The van der Waals surface area contributed by atoms with Crippen LogP contribution in [0.3, 0.4) is 0 Å². The first-order valence-corrected chi connectivity index (χ1v) is 3.58. The van der Waals surface area contributed by atoms with Gasteiger partial charge in [-0.25, -0.2) is 4.79 Å². The molecule has 0 heterocycles. The summed E-state index contributed by atoms with van der Waals surface area (Å²) in [5, 5.41) is 27.4. The van der Waals surface area contributed by atoms with Crippen LogP contribution in [0.25, 0.3) is 0 Å². The van der Waals surface area contributed by atoms with Crippen molar-refractivity contribution in [3.63, 3.8) is 0 Å². The molecule has 0 aromatic carbocycles. The molecule has 76 valence electrons. The summed E-state index contributed by atoms with van der Waals surface area (Å²) in [5.41, 5.74) is -2.15. The molecule has 0 fully saturated rings. The summed E-state index contributed by atoms with van der Waals surface area (Å²) in [6.07, 6.45) is -0.199. The van der Waals surface area contributed by atoms with Gasteiger partial charge < -0.3 is 14.9 Å². The number of hydrogen-bond acceptors (Lipinski definition) is 6. The molecule has 13 heavy (non-hydrogen) atoms. The van der Waals surface area contributed by atoms with Crippen LogP contribution >= 0.6 is 0 Å². The highest BCUT2D eigenvalue weighted by atomic mass is 16.7. The van der Waals surface area contributed by atoms with E-state index in [2.05, 4.69) is 4.74 Å². The van der Waals surface area contributed by atoms with Crippen molar-refractivity contribution in [1.29, 1.82) is 0 Å². The average Bonchev–Trinajstić information content (AvgIpc) is 2.07. The van der Waals surface area contributed by atoms with Crippen molar-refractivity contribution < 1.29 is 24.7 Å². The molecule has 0 spiro atoms. The highest BCUT2D eigenvalue weighted by molar-refractivity contribution is 5.79. The van der Waals surface area contributed by atoms with E-state index in [1.54, 1.807) is 0 Å². The van der Waals surface area contributed by atoms with Gasteiger partial charge in [-0.15, -0.1) is 0 Å². The van der Waals surface area contributed by atoms with Gasteiger partial charge in [0.25, 0.3) is 0 Å². The maximum absolute atomic E-state index is 11.0. The van der Waals surface area contributed by atoms with Crippen molar-refractivity contribution in [1.82, 2.24) is 0 Å². The first-order valence-electron chi connectivity index (χ1n) is 3.58. The van der Waals surface area contributed by atoms with E-state index in [-0.39, 0.29) is 6.42 Å². The average molecular weight is 193 g/mol. The number of ether oxygens (including phenoxy) is 1. The Morgan fingerprint density at radius 1 is 1.62 bits per heavy atom. The van der Waals surface area contributed by atoms with Crippen LogP contribution in [0.5, 0.6) is 0 Å². The quantitative estimate of drug-likeness (QED) is 0.248. The Hall–Kier alpha value is -1.21. The Kier molecular flexibility index (Phi) is 4.29. The molecule has 7 nitrogen and oxygen atoms in total. The van der Waals surface area contributed by atoms with E-state index in [4.69, 9.17) is 10.2 Å². The molecule has 7 heteroatoms. The fraction of sp³-hybridized carbons (Fsp3) is 0.833. The van der Waals surface area contributed by atoms with Gasteiger partial charge in [0.2, 0.25) is 0 Å². The van der Waals surface area contributed by atoms with Crippen LogP contribution in [-0.2, 0) is 9.53 Å². The summed E-state index contributed by atoms with van der Waals surface area (Å²) in [4.78, 5) is 20.5. The summed E-state index contributed by atoms with van der Waals surface area (Å²) in [6.45, 7) is -0.512. The third-order valence-electron chi connectivity index (χ3n) is 1.77. The predicted octanol–water partition coefficient (Wildman–Crippen LogP) is -1.10. The Morgan fingerprint density at radius 2 is 2.15 bits per heavy atom. The molecule has 0 saturated carbocycles. The van der Waals surface area contributed by atoms with Gasteiger partial charge in [-0.05, 0) is 0 Å². The van der Waals surface area contributed by atoms with Crippen molar-refractivity contribution in [2.75, 3.05) is 13.4 Å². The predicted molar refractivity (Wildman–Crippen MR) is 40.3 cm³/mol. The molecule has 0 aliphatic heterocycles. The molecule has 0 rings (SSSR count). The third kappa shape index (κ3) is 2.13. The number of nitrogens with zero attached hydrogens (tertiary/aromatic N) is 1. The maximum Gasteiger partial charge on any atom is 0.389 e. The Bertz CT molecular complexity index is 199. The number of carbonyl (C=O) groups is 1. The van der Waals surface area contributed by atoms with Gasteiger partial charge in [0.1, 0.15) is 6.61 Å². The molecule has 0 aliphatic carbocycles. The van der Waals surface area contributed by atoms with Gasteiger partial charge in [-0.1, -0.05) is 6.92 Å². The van der Waals surface area contributed by atoms with Crippen LogP contribution in [0, 0.1) is 10.1 Å². The van der Waals surface area contributed by atoms with Crippen LogP contribution in [0.4, 0.5) is 0 Å². The van der Waals surface area contributed by atoms with Crippen LogP contribution in [0.15, 0.2) is 0 Å². The van der Waals surface area contributed by atoms with Crippen LogP contribution in [0.1, 0.15) is 13.3 Å². The van der Waals surface area contributed by atoms with E-state index >= 15 is 0 Å². The molecular formula is C6H11NO6. The van der Waals surface area contributed by atoms with E-state index in [1.807, 2.05) is 0 Å². The second-order valence-corrected chi connectivity index (χ2v) is 2.36. The number of nitro groups is 1. The molecule has 0 bridgehead atoms. The van der Waals surface area contributed by atoms with Gasteiger partial charge in [0.15, 0.2) is 6.79 Å². The van der Waals surface area contributed by atoms with E-state index in [1.165, 1.54) is 6.92 Å². The zero-order valence-corrected chi connectivity index (χ0v) is 7.10. The van der Waals surface area contributed by atoms with E-state index in [9.17, 15) is 14.9 Å². The van der Waals surface area contributed by atoms with Crippen molar-refractivity contribution in [2.45, 2.75) is 18.9 Å². The number of hydrogen-bond donors (Lipinski definition) is 2. The number of carbonyl (C=O) groups excluding carboxylic acids is 1. The number of aliphatic hydroxyl groups excluding tert-OH is 2. The first-order chi connectivity index (χ1) is 6.05. The van der Waals surface area contributed by atoms with Gasteiger partial charge in [0, 0.05) is 11.3 Å². The second-order valence-electron chi connectivity index (χ2n) is 2.36. The standard InChI is InChI=1S/C6H11NO6/c1-2-6(3-8,7(11)12)5(10)13-4-9/h8-9H,2-4H2,1H3. The van der Waals surface area contributed by atoms with Gasteiger partial charge in [-0.2, -0.15) is 0 Å². The zero-order valence-electron chi connectivity index (χ0n) is 7.10. The van der Waals surface area contributed by atoms with Crippen molar-refractivity contribution in [3.8, 4) is 0 Å². The van der Waals surface area contributed by atoms with Crippen molar-refractivity contribution in [3.05, 3.63) is 10.1 Å². The molecule has 0 aliphatic rings. The number of aliphatic hydroxyl groups is 2. The monoisotopic (exact) mass is 193 g/mol. The minimum absolute atomic E-state index is 0.199. The third-order valence-corrected chi connectivity index (χ3v) is 1.77. The molecule has 0 amide bonds. The SMILES string of the molecule is CCC(CO)(C(=O)OCO)[N+](=O)[O-]. The Morgan fingerprint density at radius 3 is 2.38 bits per heavy atom. The summed E-state index contributed by atoms with van der Waals surface area (Å²) < 4.78 is 4.07. The van der Waals surface area contributed by atoms with Crippen molar-refractivity contribution in [2.24, 2.45) is 0 Å². The van der Waals surface area contributed by atoms with Crippen LogP contribution in [-0.4, -0.2) is 40.0 Å². The van der Waals surface area contributed by atoms with Gasteiger partial charge >= 0.3 is 11.5 Å². The molecule has 1 atom stereocenters. The molecule has 0 aromatic rings. The Balaban J connectivity index is 4.75. The lowest BCUT2D eigenvalue weighted by Crippen LogP contribution is -2.50. The first kappa shape index (κ1) is 11.8. The molecule has 1 unspecified atom stereocenters. The second kappa shape index (κ2) is 4.73. The summed E-state index contributed by atoms with van der Waals surface area (Å²) in [6, 6.07) is 0. The topological polar surface area (TPSA) is 110 Å². The van der Waals surface area contributed by atoms with Gasteiger partial charge in [-0.3, -0.25) is 10.1 Å². The zero-order chi connectivity index (χ0) is 10.5. The van der Waals surface area contributed by atoms with Crippen LogP contribution in [0.2, 0.25) is 0 Å². The minimum Gasteiger partial charge on any atom is -0.433 e.